The Kier molecular flexibility index (Phi) is 4.68. The van der Waals surface area contributed by atoms with Gasteiger partial charge in [0.05, 0.1) is 0 Å². The van der Waals surface area contributed by atoms with E-state index in [1.54, 1.807) is 24.8 Å². The summed E-state index contributed by atoms with van der Waals surface area (Å²) in [6.45, 7) is 3.81. The van der Waals surface area contributed by atoms with Gasteiger partial charge in [-0.1, -0.05) is 11.2 Å². The second kappa shape index (κ2) is 6.47. The van der Waals surface area contributed by atoms with Crippen molar-refractivity contribution < 1.29 is 9.32 Å². The number of anilines is 2. The van der Waals surface area contributed by atoms with Crippen LogP contribution in [0.25, 0.3) is 0 Å². The van der Waals surface area contributed by atoms with Crippen molar-refractivity contribution in [1.82, 2.24) is 5.16 Å². The third kappa shape index (κ3) is 4.03. The van der Waals surface area contributed by atoms with Crippen LogP contribution in [0.5, 0.6) is 0 Å². The molecule has 2 rings (SSSR count). The molecule has 1 heterocycles. The van der Waals surface area contributed by atoms with Gasteiger partial charge in [-0.3, -0.25) is 4.79 Å². The van der Waals surface area contributed by atoms with E-state index in [9.17, 15) is 4.79 Å². The molecule has 0 aliphatic rings. The van der Waals surface area contributed by atoms with Gasteiger partial charge in [0.1, 0.15) is 5.76 Å². The van der Waals surface area contributed by atoms with Crippen LogP contribution in [0, 0.1) is 13.8 Å². The lowest BCUT2D eigenvalue weighted by Gasteiger charge is -2.06. The largest absolute Gasteiger partial charge is 0.399 e. The molecular formula is C14H17N3O2S. The van der Waals surface area contributed by atoms with Crippen molar-refractivity contribution in [2.75, 3.05) is 16.8 Å². The second-order valence-electron chi connectivity index (χ2n) is 4.49. The van der Waals surface area contributed by atoms with E-state index in [2.05, 4.69) is 10.5 Å². The number of hydrogen-bond donors (Lipinski definition) is 2. The summed E-state index contributed by atoms with van der Waals surface area (Å²) in [5.74, 6) is 1.74. The van der Waals surface area contributed by atoms with Gasteiger partial charge in [0, 0.05) is 28.8 Å². The van der Waals surface area contributed by atoms with Gasteiger partial charge in [0.25, 0.3) is 0 Å². The Bertz CT molecular complexity index is 610. The Hall–Kier alpha value is -1.95. The number of nitrogens with zero attached hydrogens (tertiary/aromatic N) is 1. The van der Waals surface area contributed by atoms with Gasteiger partial charge in [0.2, 0.25) is 5.91 Å². The zero-order valence-corrected chi connectivity index (χ0v) is 12.3. The molecule has 0 atom stereocenters. The summed E-state index contributed by atoms with van der Waals surface area (Å²) >= 11 is 1.62. The van der Waals surface area contributed by atoms with Crippen molar-refractivity contribution in [2.24, 2.45) is 0 Å². The molecule has 0 saturated heterocycles. The summed E-state index contributed by atoms with van der Waals surface area (Å²) in [4.78, 5) is 12.8. The number of nitrogens with one attached hydrogen (secondary N) is 1. The number of hydrogen-bond acceptors (Lipinski definition) is 5. The normalized spacial score (nSPS) is 10.5. The van der Waals surface area contributed by atoms with Gasteiger partial charge in [-0.05, 0) is 31.5 Å². The third-order valence-electron chi connectivity index (χ3n) is 2.69. The average molecular weight is 291 g/mol. The van der Waals surface area contributed by atoms with Crippen LogP contribution in [-0.4, -0.2) is 16.8 Å². The highest BCUT2D eigenvalue weighted by atomic mass is 32.2. The van der Waals surface area contributed by atoms with Crippen LogP contribution in [0.15, 0.2) is 33.7 Å². The SMILES string of the molecule is Cc1cc(NC(=O)CCSc2cc(N)ccc2C)no1. The topological polar surface area (TPSA) is 81.2 Å². The Balaban J connectivity index is 1.80. The van der Waals surface area contributed by atoms with E-state index in [-0.39, 0.29) is 5.91 Å². The zero-order valence-electron chi connectivity index (χ0n) is 11.5. The van der Waals surface area contributed by atoms with Gasteiger partial charge in [-0.25, -0.2) is 0 Å². The number of aromatic nitrogens is 1. The third-order valence-corrected chi connectivity index (χ3v) is 3.85. The fraction of sp³-hybridized carbons (Fsp3) is 0.286. The van der Waals surface area contributed by atoms with Crippen molar-refractivity contribution in [3.8, 4) is 0 Å². The van der Waals surface area contributed by atoms with E-state index in [0.29, 0.717) is 23.8 Å². The van der Waals surface area contributed by atoms with Gasteiger partial charge in [-0.2, -0.15) is 0 Å². The number of nitrogens with two attached hydrogens (primary N) is 1. The molecule has 0 aliphatic heterocycles. The first-order chi connectivity index (χ1) is 9.54. The molecule has 0 unspecified atom stereocenters. The van der Waals surface area contributed by atoms with Gasteiger partial charge in [0.15, 0.2) is 5.82 Å². The molecule has 1 aromatic heterocycles. The average Bonchev–Trinajstić information content (AvgIpc) is 2.79. The van der Waals surface area contributed by atoms with Gasteiger partial charge in [-0.15, -0.1) is 11.8 Å². The van der Waals surface area contributed by atoms with Crippen LogP contribution >= 0.6 is 11.8 Å². The minimum Gasteiger partial charge on any atom is -0.399 e. The molecule has 3 N–H and O–H groups in total. The number of aryl methyl sites for hydroxylation is 2. The molecule has 0 bridgehead atoms. The predicted octanol–water partition coefficient (Wildman–Crippen LogP) is 2.99. The summed E-state index contributed by atoms with van der Waals surface area (Å²) < 4.78 is 4.88. The van der Waals surface area contributed by atoms with Crippen molar-refractivity contribution in [3.05, 3.63) is 35.6 Å². The van der Waals surface area contributed by atoms with Crippen LogP contribution < -0.4 is 11.1 Å². The minimum atomic E-state index is -0.0765. The highest BCUT2D eigenvalue weighted by Gasteiger charge is 2.07. The Morgan fingerprint density at radius 3 is 2.90 bits per heavy atom. The van der Waals surface area contributed by atoms with E-state index >= 15 is 0 Å². The first-order valence-corrected chi connectivity index (χ1v) is 7.25. The summed E-state index contributed by atoms with van der Waals surface area (Å²) in [6, 6.07) is 7.47. The van der Waals surface area contributed by atoms with E-state index in [1.165, 1.54) is 0 Å². The van der Waals surface area contributed by atoms with E-state index in [4.69, 9.17) is 10.3 Å². The summed E-state index contributed by atoms with van der Waals surface area (Å²) in [7, 11) is 0. The molecule has 1 amide bonds. The van der Waals surface area contributed by atoms with Gasteiger partial charge >= 0.3 is 0 Å². The molecule has 0 saturated carbocycles. The van der Waals surface area contributed by atoms with Gasteiger partial charge < -0.3 is 15.6 Å². The van der Waals surface area contributed by atoms with Crippen molar-refractivity contribution in [2.45, 2.75) is 25.2 Å². The lowest BCUT2D eigenvalue weighted by molar-refractivity contribution is -0.115. The molecule has 20 heavy (non-hydrogen) atoms. The molecule has 0 aliphatic carbocycles. The summed E-state index contributed by atoms with van der Waals surface area (Å²) in [6.07, 6.45) is 0.408. The fourth-order valence-electron chi connectivity index (χ4n) is 1.66. The summed E-state index contributed by atoms with van der Waals surface area (Å²) in [5.41, 5.74) is 7.65. The van der Waals surface area contributed by atoms with Crippen LogP contribution in [0.4, 0.5) is 11.5 Å². The first kappa shape index (κ1) is 14.5. The number of benzene rings is 1. The van der Waals surface area contributed by atoms with E-state index < -0.39 is 0 Å². The highest BCUT2D eigenvalue weighted by Crippen LogP contribution is 2.25. The monoisotopic (exact) mass is 291 g/mol. The quantitative estimate of drug-likeness (QED) is 0.654. The smallest absolute Gasteiger partial charge is 0.226 e. The van der Waals surface area contributed by atoms with Crippen molar-refractivity contribution in [3.63, 3.8) is 0 Å². The molecule has 6 heteroatoms. The molecule has 1 aromatic carbocycles. The number of carbonyl (C=O) groups excluding carboxylic acids is 1. The Labute approximate surface area is 121 Å². The fourth-order valence-corrected chi connectivity index (χ4v) is 2.68. The number of carbonyl (C=O) groups is 1. The van der Waals surface area contributed by atoms with Crippen LogP contribution in [0.3, 0.4) is 0 Å². The number of thioether (sulfide) groups is 1. The second-order valence-corrected chi connectivity index (χ2v) is 5.63. The molecule has 5 nitrogen and oxygen atoms in total. The standard InChI is InChI=1S/C14H17N3O2S/c1-9-3-4-11(15)8-12(9)20-6-5-14(18)16-13-7-10(2)19-17-13/h3-4,7-8H,5-6,15H2,1-2H3,(H,16,17,18). The molecule has 0 spiro atoms. The van der Waals surface area contributed by atoms with E-state index in [0.717, 1.165) is 16.1 Å². The summed E-state index contributed by atoms with van der Waals surface area (Å²) in [5, 5.41) is 6.41. The zero-order chi connectivity index (χ0) is 14.5. The molecule has 2 aromatic rings. The molecule has 0 radical (unpaired) electrons. The van der Waals surface area contributed by atoms with Crippen LogP contribution in [-0.2, 0) is 4.79 Å². The maximum Gasteiger partial charge on any atom is 0.226 e. The molecule has 106 valence electrons. The van der Waals surface area contributed by atoms with Crippen LogP contribution in [0.1, 0.15) is 17.7 Å². The lowest BCUT2D eigenvalue weighted by Crippen LogP contribution is -2.12. The highest BCUT2D eigenvalue weighted by molar-refractivity contribution is 7.99. The Morgan fingerprint density at radius 2 is 2.20 bits per heavy atom. The molecular weight excluding hydrogens is 274 g/mol. The number of amides is 1. The predicted molar refractivity (Wildman–Crippen MR) is 80.8 cm³/mol. The maximum atomic E-state index is 11.7. The number of rotatable bonds is 5. The van der Waals surface area contributed by atoms with E-state index in [1.807, 2.05) is 25.1 Å². The van der Waals surface area contributed by atoms with Crippen molar-refractivity contribution in [1.29, 1.82) is 0 Å². The minimum absolute atomic E-state index is 0.0765. The molecule has 0 fully saturated rings. The Morgan fingerprint density at radius 1 is 1.40 bits per heavy atom. The maximum absolute atomic E-state index is 11.7. The van der Waals surface area contributed by atoms with Crippen molar-refractivity contribution >= 4 is 29.2 Å². The first-order valence-electron chi connectivity index (χ1n) is 6.26. The number of nitrogen functional groups attached to an aromatic ring is 1. The lowest BCUT2D eigenvalue weighted by atomic mass is 10.2. The van der Waals surface area contributed by atoms with Crippen LogP contribution in [0.2, 0.25) is 0 Å².